The minimum absolute atomic E-state index is 0.0974. The first-order valence-electron chi connectivity index (χ1n) is 9.98. The average Bonchev–Trinajstić information content (AvgIpc) is 2.82. The van der Waals surface area contributed by atoms with E-state index in [2.05, 4.69) is 5.32 Å². The molecule has 9 nitrogen and oxygen atoms in total. The van der Waals surface area contributed by atoms with Crippen molar-refractivity contribution in [2.45, 2.75) is 25.4 Å². The van der Waals surface area contributed by atoms with Gasteiger partial charge in [-0.25, -0.2) is 10.3 Å². The van der Waals surface area contributed by atoms with Gasteiger partial charge in [0.15, 0.2) is 0 Å². The smallest absolute Gasteiger partial charge is 0.412 e. The SMILES string of the molecule is N#Cc1ccc(NC(=O)O[C@@H](CCC/C=C/C(=O)NO)c2ccccc2OCCO)cc1. The number of hydrogen-bond acceptors (Lipinski definition) is 7. The van der Waals surface area contributed by atoms with Crippen LogP contribution in [-0.2, 0) is 9.53 Å². The number of carbonyl (C=O) groups excluding carboxylic acids is 2. The van der Waals surface area contributed by atoms with E-state index in [0.717, 1.165) is 0 Å². The Morgan fingerprint density at radius 2 is 1.91 bits per heavy atom. The summed E-state index contributed by atoms with van der Waals surface area (Å²) in [4.78, 5) is 23.6. The zero-order chi connectivity index (χ0) is 23.2. The van der Waals surface area contributed by atoms with Crippen molar-refractivity contribution < 1.29 is 29.4 Å². The van der Waals surface area contributed by atoms with Crippen molar-refractivity contribution in [2.24, 2.45) is 0 Å². The fraction of sp³-hybridized carbons (Fsp3) is 0.261. The van der Waals surface area contributed by atoms with Crippen molar-refractivity contribution in [1.29, 1.82) is 5.26 Å². The second kappa shape index (κ2) is 13.4. The van der Waals surface area contributed by atoms with Crippen LogP contribution in [0.25, 0.3) is 0 Å². The normalized spacial score (nSPS) is 11.4. The number of hydroxylamine groups is 1. The number of para-hydroxylation sites is 1. The van der Waals surface area contributed by atoms with Crippen LogP contribution in [0, 0.1) is 11.3 Å². The van der Waals surface area contributed by atoms with Crippen LogP contribution in [0.1, 0.15) is 36.5 Å². The number of anilines is 1. The molecule has 2 aromatic carbocycles. The molecule has 32 heavy (non-hydrogen) atoms. The van der Waals surface area contributed by atoms with Gasteiger partial charge in [0.25, 0.3) is 5.91 Å². The molecule has 4 N–H and O–H groups in total. The molecule has 168 valence electrons. The van der Waals surface area contributed by atoms with Crippen LogP contribution < -0.4 is 15.5 Å². The largest absolute Gasteiger partial charge is 0.491 e. The standard InChI is InChI=1S/C23H25N3O6/c24-16-17-10-12-18(13-11-17)25-23(29)32-21(8-2-1-3-9-22(28)26-30)19-6-4-5-7-20(19)31-15-14-27/h3-7,9-13,21,27,30H,1-2,8,14-15H2,(H,25,29)(H,26,28)/b9-3+/t21-/m0/s1. The highest BCUT2D eigenvalue weighted by Crippen LogP contribution is 2.32. The predicted molar refractivity (Wildman–Crippen MR) is 116 cm³/mol. The molecule has 2 rings (SSSR count). The molecule has 0 spiro atoms. The average molecular weight is 439 g/mol. The van der Waals surface area contributed by atoms with Crippen molar-refractivity contribution in [3.8, 4) is 11.8 Å². The lowest BCUT2D eigenvalue weighted by atomic mass is 10.0. The Balaban J connectivity index is 2.10. The molecular formula is C23H25N3O6. The highest BCUT2D eigenvalue weighted by Gasteiger charge is 2.20. The number of rotatable bonds is 11. The van der Waals surface area contributed by atoms with Gasteiger partial charge >= 0.3 is 6.09 Å². The number of aliphatic hydroxyl groups excluding tert-OH is 1. The lowest BCUT2D eigenvalue weighted by molar-refractivity contribution is -0.124. The van der Waals surface area contributed by atoms with Crippen molar-refractivity contribution in [1.82, 2.24) is 5.48 Å². The van der Waals surface area contributed by atoms with E-state index in [4.69, 9.17) is 25.0 Å². The summed E-state index contributed by atoms with van der Waals surface area (Å²) in [6, 6.07) is 15.5. The molecule has 0 saturated carbocycles. The lowest BCUT2D eigenvalue weighted by Crippen LogP contribution is -2.18. The summed E-state index contributed by atoms with van der Waals surface area (Å²) < 4.78 is 11.2. The molecule has 0 aliphatic carbocycles. The highest BCUT2D eigenvalue weighted by molar-refractivity contribution is 5.86. The van der Waals surface area contributed by atoms with Gasteiger partial charge in [-0.2, -0.15) is 5.26 Å². The fourth-order valence-electron chi connectivity index (χ4n) is 2.86. The molecule has 2 aromatic rings. The van der Waals surface area contributed by atoms with Crippen LogP contribution in [0.4, 0.5) is 10.5 Å². The maximum Gasteiger partial charge on any atom is 0.412 e. The summed E-state index contributed by atoms with van der Waals surface area (Å²) in [5.41, 5.74) is 3.12. The summed E-state index contributed by atoms with van der Waals surface area (Å²) >= 11 is 0. The molecule has 0 saturated heterocycles. The van der Waals surface area contributed by atoms with Crippen molar-refractivity contribution >= 4 is 17.7 Å². The summed E-state index contributed by atoms with van der Waals surface area (Å²) in [6.07, 6.45) is 3.03. The molecule has 0 fully saturated rings. The molecule has 0 radical (unpaired) electrons. The first-order chi connectivity index (χ1) is 15.6. The van der Waals surface area contributed by atoms with Crippen LogP contribution in [0.5, 0.6) is 5.75 Å². The third kappa shape index (κ3) is 8.10. The first kappa shape index (κ1) is 24.4. The van der Waals surface area contributed by atoms with Gasteiger partial charge in [0, 0.05) is 17.3 Å². The zero-order valence-corrected chi connectivity index (χ0v) is 17.4. The number of aliphatic hydroxyl groups is 1. The number of hydrogen-bond donors (Lipinski definition) is 4. The molecule has 9 heteroatoms. The van der Waals surface area contributed by atoms with Crippen LogP contribution in [-0.4, -0.2) is 35.5 Å². The van der Waals surface area contributed by atoms with Crippen LogP contribution in [0.2, 0.25) is 0 Å². The molecule has 2 amide bonds. The number of nitrogens with zero attached hydrogens (tertiary/aromatic N) is 1. The van der Waals surface area contributed by atoms with Crippen molar-refractivity contribution in [2.75, 3.05) is 18.5 Å². The molecule has 0 heterocycles. The summed E-state index contributed by atoms with van der Waals surface area (Å²) in [7, 11) is 0. The van der Waals surface area contributed by atoms with Gasteiger partial charge in [0.2, 0.25) is 0 Å². The minimum atomic E-state index is -0.674. The van der Waals surface area contributed by atoms with Crippen LogP contribution in [0.3, 0.4) is 0 Å². The monoisotopic (exact) mass is 439 g/mol. The molecular weight excluding hydrogens is 414 g/mol. The Labute approximate surface area is 185 Å². The van der Waals surface area contributed by atoms with E-state index in [1.165, 1.54) is 11.6 Å². The summed E-state index contributed by atoms with van der Waals surface area (Å²) in [5, 5.41) is 29.1. The van der Waals surface area contributed by atoms with E-state index in [1.54, 1.807) is 54.6 Å². The van der Waals surface area contributed by atoms with E-state index in [-0.39, 0.29) is 13.2 Å². The number of allylic oxidation sites excluding steroid dienone is 1. The first-order valence-corrected chi connectivity index (χ1v) is 9.98. The quantitative estimate of drug-likeness (QED) is 0.182. The Kier molecular flexibility index (Phi) is 10.2. The Morgan fingerprint density at radius 3 is 2.59 bits per heavy atom. The molecule has 1 atom stereocenters. The predicted octanol–water partition coefficient (Wildman–Crippen LogP) is 3.45. The number of carbonyl (C=O) groups is 2. The molecule has 0 aliphatic rings. The zero-order valence-electron chi connectivity index (χ0n) is 17.4. The Hall–Kier alpha value is -3.87. The lowest BCUT2D eigenvalue weighted by Gasteiger charge is -2.21. The maximum atomic E-state index is 12.5. The molecule has 0 aromatic heterocycles. The van der Waals surface area contributed by atoms with Gasteiger partial charge in [0.1, 0.15) is 18.5 Å². The number of nitriles is 1. The number of unbranched alkanes of at least 4 members (excludes halogenated alkanes) is 1. The third-order valence-corrected chi connectivity index (χ3v) is 4.34. The number of benzene rings is 2. The molecule has 0 bridgehead atoms. The van der Waals surface area contributed by atoms with E-state index < -0.39 is 18.1 Å². The van der Waals surface area contributed by atoms with Crippen molar-refractivity contribution in [3.63, 3.8) is 0 Å². The van der Waals surface area contributed by atoms with Crippen LogP contribution in [0.15, 0.2) is 60.7 Å². The van der Waals surface area contributed by atoms with Gasteiger partial charge in [-0.05, 0) is 49.6 Å². The van der Waals surface area contributed by atoms with E-state index in [9.17, 15) is 9.59 Å². The van der Waals surface area contributed by atoms with E-state index in [1.807, 2.05) is 6.07 Å². The van der Waals surface area contributed by atoms with E-state index in [0.29, 0.717) is 41.8 Å². The third-order valence-electron chi connectivity index (χ3n) is 4.34. The van der Waals surface area contributed by atoms with Gasteiger partial charge in [-0.3, -0.25) is 15.3 Å². The topological polar surface area (TPSA) is 141 Å². The van der Waals surface area contributed by atoms with Gasteiger partial charge in [0.05, 0.1) is 18.2 Å². The molecule has 0 aliphatic heterocycles. The Morgan fingerprint density at radius 1 is 1.16 bits per heavy atom. The number of nitrogens with one attached hydrogen (secondary N) is 2. The van der Waals surface area contributed by atoms with Crippen LogP contribution >= 0.6 is 0 Å². The van der Waals surface area contributed by atoms with Gasteiger partial charge in [-0.1, -0.05) is 24.3 Å². The number of amides is 2. The molecule has 0 unspecified atom stereocenters. The Bertz CT molecular complexity index is 953. The van der Waals surface area contributed by atoms with Gasteiger partial charge in [-0.15, -0.1) is 0 Å². The number of ether oxygens (including phenoxy) is 2. The van der Waals surface area contributed by atoms with E-state index >= 15 is 0 Å². The highest BCUT2D eigenvalue weighted by atomic mass is 16.6. The second-order valence-electron chi connectivity index (χ2n) is 6.63. The fourth-order valence-corrected chi connectivity index (χ4v) is 2.86. The minimum Gasteiger partial charge on any atom is -0.491 e. The summed E-state index contributed by atoms with van der Waals surface area (Å²) in [5.74, 6) is -0.129. The van der Waals surface area contributed by atoms with Crippen molar-refractivity contribution in [3.05, 3.63) is 71.8 Å². The second-order valence-corrected chi connectivity index (χ2v) is 6.63. The maximum absolute atomic E-state index is 12.5. The van der Waals surface area contributed by atoms with Gasteiger partial charge < -0.3 is 14.6 Å². The summed E-state index contributed by atoms with van der Waals surface area (Å²) in [6.45, 7) is -0.0586.